The van der Waals surface area contributed by atoms with Gasteiger partial charge in [-0.25, -0.2) is 13.8 Å². The van der Waals surface area contributed by atoms with Gasteiger partial charge in [-0.1, -0.05) is 0 Å². The Kier molecular flexibility index (Phi) is 4.53. The summed E-state index contributed by atoms with van der Waals surface area (Å²) in [5, 5.41) is 0. The van der Waals surface area contributed by atoms with Crippen LogP contribution in [0.4, 0.5) is 14.6 Å². The summed E-state index contributed by atoms with van der Waals surface area (Å²) in [5.74, 6) is -0.570. The third kappa shape index (κ3) is 3.51. The highest BCUT2D eigenvalue weighted by Crippen LogP contribution is 2.23. The van der Waals surface area contributed by atoms with Gasteiger partial charge in [-0.3, -0.25) is 9.78 Å². The van der Waals surface area contributed by atoms with Gasteiger partial charge in [0.25, 0.3) is 5.91 Å². The molecule has 4 rings (SSSR count). The van der Waals surface area contributed by atoms with Crippen LogP contribution >= 0.6 is 0 Å². The maximum Gasteiger partial charge on any atom is 0.289 e. The zero-order chi connectivity index (χ0) is 18.8. The molecule has 1 saturated heterocycles. The van der Waals surface area contributed by atoms with Crippen LogP contribution in [0.2, 0.25) is 0 Å². The van der Waals surface area contributed by atoms with Crippen molar-refractivity contribution in [1.29, 1.82) is 0 Å². The van der Waals surface area contributed by atoms with Gasteiger partial charge in [-0.15, -0.1) is 0 Å². The van der Waals surface area contributed by atoms with Crippen molar-refractivity contribution in [2.45, 2.75) is 0 Å². The van der Waals surface area contributed by atoms with E-state index in [2.05, 4.69) is 9.97 Å². The average molecular weight is 370 g/mol. The number of nitrogens with zero attached hydrogens (tertiary/aromatic N) is 4. The molecule has 1 aliphatic rings. The van der Waals surface area contributed by atoms with Crippen molar-refractivity contribution in [2.75, 3.05) is 31.1 Å². The Bertz CT molecular complexity index is 954. The smallest absolute Gasteiger partial charge is 0.289 e. The van der Waals surface area contributed by atoms with Gasteiger partial charge in [0.2, 0.25) is 0 Å². The lowest BCUT2D eigenvalue weighted by Gasteiger charge is -2.34. The van der Waals surface area contributed by atoms with E-state index in [1.165, 1.54) is 24.6 Å². The number of rotatable bonds is 3. The standard InChI is InChI=1S/C19H16F2N4O2/c20-13-3-4-14(15(21)10-13)16-11-22-12-18(23-16)24-5-7-25(8-6-24)19(26)17-2-1-9-27-17/h1-4,9-12H,5-8H2. The highest BCUT2D eigenvalue weighted by Gasteiger charge is 2.24. The predicted molar refractivity (Wildman–Crippen MR) is 94.2 cm³/mol. The van der Waals surface area contributed by atoms with Crippen LogP contribution in [0.15, 0.2) is 53.4 Å². The van der Waals surface area contributed by atoms with Gasteiger partial charge in [-0.2, -0.15) is 0 Å². The molecule has 6 nitrogen and oxygen atoms in total. The van der Waals surface area contributed by atoms with E-state index in [-0.39, 0.29) is 11.5 Å². The van der Waals surface area contributed by atoms with E-state index in [0.717, 1.165) is 6.07 Å². The van der Waals surface area contributed by atoms with E-state index in [0.29, 0.717) is 43.5 Å². The number of hydrogen-bond donors (Lipinski definition) is 0. The fraction of sp³-hybridized carbons (Fsp3) is 0.211. The van der Waals surface area contributed by atoms with Crippen molar-refractivity contribution in [1.82, 2.24) is 14.9 Å². The molecule has 0 unspecified atom stereocenters. The first-order valence-corrected chi connectivity index (χ1v) is 8.47. The van der Waals surface area contributed by atoms with Gasteiger partial charge in [0.1, 0.15) is 17.5 Å². The molecule has 3 aromatic rings. The summed E-state index contributed by atoms with van der Waals surface area (Å²) in [6.07, 6.45) is 4.50. The van der Waals surface area contributed by atoms with Crippen LogP contribution in [0.1, 0.15) is 10.6 Å². The third-order valence-corrected chi connectivity index (χ3v) is 4.45. The Hall–Kier alpha value is -3.29. The number of benzene rings is 1. The first-order valence-electron chi connectivity index (χ1n) is 8.47. The molecule has 8 heteroatoms. The molecule has 3 heterocycles. The minimum atomic E-state index is -0.685. The normalized spacial score (nSPS) is 14.4. The van der Waals surface area contributed by atoms with Crippen molar-refractivity contribution in [2.24, 2.45) is 0 Å². The fourth-order valence-electron chi connectivity index (χ4n) is 3.03. The van der Waals surface area contributed by atoms with E-state index < -0.39 is 11.6 Å². The molecule has 0 spiro atoms. The fourth-order valence-corrected chi connectivity index (χ4v) is 3.03. The second-order valence-electron chi connectivity index (χ2n) is 6.14. The molecular weight excluding hydrogens is 354 g/mol. The van der Waals surface area contributed by atoms with Gasteiger partial charge in [0.05, 0.1) is 24.4 Å². The summed E-state index contributed by atoms with van der Waals surface area (Å²) in [5.41, 5.74) is 0.525. The quantitative estimate of drug-likeness (QED) is 0.709. The lowest BCUT2D eigenvalue weighted by molar-refractivity contribution is 0.0714. The number of carbonyl (C=O) groups is 1. The van der Waals surface area contributed by atoms with E-state index in [1.54, 1.807) is 23.2 Å². The number of anilines is 1. The maximum absolute atomic E-state index is 14.0. The van der Waals surface area contributed by atoms with Gasteiger partial charge in [0, 0.05) is 37.8 Å². The van der Waals surface area contributed by atoms with Gasteiger partial charge in [-0.05, 0) is 24.3 Å². The van der Waals surface area contributed by atoms with Gasteiger partial charge in [0.15, 0.2) is 5.76 Å². The number of halogens is 2. The third-order valence-electron chi connectivity index (χ3n) is 4.45. The van der Waals surface area contributed by atoms with Crippen LogP contribution in [0.3, 0.4) is 0 Å². The lowest BCUT2D eigenvalue weighted by Crippen LogP contribution is -2.49. The molecule has 1 aromatic carbocycles. The topological polar surface area (TPSA) is 62.5 Å². The second-order valence-corrected chi connectivity index (χ2v) is 6.14. The molecular formula is C19H16F2N4O2. The first kappa shape index (κ1) is 17.1. The Labute approximate surface area is 154 Å². The summed E-state index contributed by atoms with van der Waals surface area (Å²) in [7, 11) is 0. The van der Waals surface area contributed by atoms with Crippen LogP contribution in [0.25, 0.3) is 11.3 Å². The van der Waals surface area contributed by atoms with E-state index in [1.807, 2.05) is 4.90 Å². The van der Waals surface area contributed by atoms with E-state index in [4.69, 9.17) is 4.42 Å². The molecule has 138 valence electrons. The first-order chi connectivity index (χ1) is 13.1. The van der Waals surface area contributed by atoms with Crippen LogP contribution in [0, 0.1) is 11.6 Å². The molecule has 2 aromatic heterocycles. The largest absolute Gasteiger partial charge is 0.459 e. The SMILES string of the molecule is O=C(c1ccco1)N1CCN(c2cncc(-c3ccc(F)cc3F)n2)CC1. The summed E-state index contributed by atoms with van der Waals surface area (Å²) >= 11 is 0. The lowest BCUT2D eigenvalue weighted by atomic mass is 10.1. The molecule has 1 amide bonds. The minimum Gasteiger partial charge on any atom is -0.459 e. The molecule has 27 heavy (non-hydrogen) atoms. The zero-order valence-electron chi connectivity index (χ0n) is 14.3. The number of hydrogen-bond acceptors (Lipinski definition) is 5. The van der Waals surface area contributed by atoms with Crippen molar-refractivity contribution < 1.29 is 18.0 Å². The highest BCUT2D eigenvalue weighted by atomic mass is 19.1. The molecule has 0 saturated carbocycles. The van der Waals surface area contributed by atoms with Crippen LogP contribution in [-0.2, 0) is 0 Å². The van der Waals surface area contributed by atoms with Crippen LogP contribution in [0.5, 0.6) is 0 Å². The average Bonchev–Trinajstić information content (AvgIpc) is 3.22. The molecule has 0 atom stereocenters. The van der Waals surface area contributed by atoms with Crippen molar-refractivity contribution in [3.05, 3.63) is 66.4 Å². The summed E-state index contributed by atoms with van der Waals surface area (Å²) in [6, 6.07) is 6.67. The van der Waals surface area contributed by atoms with E-state index in [9.17, 15) is 13.6 Å². The van der Waals surface area contributed by atoms with Crippen LogP contribution in [-0.4, -0.2) is 47.0 Å². The van der Waals surface area contributed by atoms with Crippen LogP contribution < -0.4 is 4.90 Å². The second kappa shape index (κ2) is 7.14. The number of piperazine rings is 1. The summed E-state index contributed by atoms with van der Waals surface area (Å²) in [6.45, 7) is 2.15. The molecule has 1 fully saturated rings. The molecule has 1 aliphatic heterocycles. The molecule has 0 radical (unpaired) electrons. The van der Waals surface area contributed by atoms with Crippen molar-refractivity contribution in [3.63, 3.8) is 0 Å². The van der Waals surface area contributed by atoms with Crippen molar-refractivity contribution >= 4 is 11.7 Å². The summed E-state index contributed by atoms with van der Waals surface area (Å²) in [4.78, 5) is 24.6. The Morgan fingerprint density at radius 3 is 2.59 bits per heavy atom. The van der Waals surface area contributed by atoms with Crippen molar-refractivity contribution in [3.8, 4) is 11.3 Å². The Morgan fingerprint density at radius 2 is 1.89 bits per heavy atom. The van der Waals surface area contributed by atoms with Gasteiger partial charge >= 0.3 is 0 Å². The number of furan rings is 1. The highest BCUT2D eigenvalue weighted by molar-refractivity contribution is 5.91. The Morgan fingerprint density at radius 1 is 1.07 bits per heavy atom. The monoisotopic (exact) mass is 370 g/mol. The van der Waals surface area contributed by atoms with E-state index >= 15 is 0 Å². The predicted octanol–water partition coefficient (Wildman–Crippen LogP) is 2.98. The number of amides is 1. The molecule has 0 N–H and O–H groups in total. The summed E-state index contributed by atoms with van der Waals surface area (Å²) < 4.78 is 32.3. The molecule has 0 aliphatic carbocycles. The molecule has 0 bridgehead atoms. The Balaban J connectivity index is 1.48. The zero-order valence-corrected chi connectivity index (χ0v) is 14.3. The number of aromatic nitrogens is 2. The van der Waals surface area contributed by atoms with Gasteiger partial charge < -0.3 is 14.2 Å². The minimum absolute atomic E-state index is 0.145. The number of carbonyl (C=O) groups excluding carboxylic acids is 1. The maximum atomic E-state index is 14.0.